The van der Waals surface area contributed by atoms with Crippen molar-refractivity contribution in [1.82, 2.24) is 0 Å². The molecule has 1 atom stereocenters. The van der Waals surface area contributed by atoms with Crippen molar-refractivity contribution in [2.24, 2.45) is 10.7 Å². The summed E-state index contributed by atoms with van der Waals surface area (Å²) in [7, 11) is 0. The van der Waals surface area contributed by atoms with Crippen molar-refractivity contribution in [2.45, 2.75) is 39.8 Å². The quantitative estimate of drug-likeness (QED) is 0.635. The molecule has 0 aromatic heterocycles. The molecule has 0 aliphatic carbocycles. The first kappa shape index (κ1) is 18.3. The van der Waals surface area contributed by atoms with Crippen LogP contribution in [-0.4, -0.2) is 25.3 Å². The van der Waals surface area contributed by atoms with E-state index < -0.39 is 0 Å². The van der Waals surface area contributed by atoms with E-state index >= 15 is 0 Å². The molecule has 5 heteroatoms. The summed E-state index contributed by atoms with van der Waals surface area (Å²) in [5.74, 6) is 1.26. The number of rotatable bonds is 5. The number of nitrogens with zero attached hydrogens (tertiary/aromatic N) is 1. The lowest BCUT2D eigenvalue weighted by Crippen LogP contribution is -2.23. The van der Waals surface area contributed by atoms with Gasteiger partial charge < -0.3 is 20.5 Å². The second-order valence-corrected chi connectivity index (χ2v) is 6.84. The van der Waals surface area contributed by atoms with E-state index in [4.69, 9.17) is 15.2 Å². The van der Waals surface area contributed by atoms with Crippen LogP contribution in [0, 0.1) is 20.8 Å². The van der Waals surface area contributed by atoms with Gasteiger partial charge in [0, 0.05) is 17.7 Å². The maximum atomic E-state index is 6.11. The number of ether oxygens (including phenoxy) is 2. The molecule has 1 aliphatic rings. The molecule has 2 aromatic carbocycles. The maximum absolute atomic E-state index is 6.11. The number of nitrogens with two attached hydrogens (primary N) is 1. The standard InChI is InChI=1S/C21H27N3O2/c1-14-4-6-17(20(10-14)26-19-8-9-25-13-19)12-23-21(22)24-18-7-5-15(2)16(3)11-18/h4-7,10-11,19H,8-9,12-13H2,1-3H3,(H3,22,23,24). The van der Waals surface area contributed by atoms with Crippen molar-refractivity contribution in [3.63, 3.8) is 0 Å². The lowest BCUT2D eigenvalue weighted by molar-refractivity contribution is 0.140. The van der Waals surface area contributed by atoms with E-state index in [0.29, 0.717) is 19.1 Å². The molecule has 0 spiro atoms. The Bertz CT molecular complexity index is 796. The molecule has 1 heterocycles. The van der Waals surface area contributed by atoms with Crippen LogP contribution in [0.25, 0.3) is 0 Å². The Morgan fingerprint density at radius 3 is 2.77 bits per heavy atom. The van der Waals surface area contributed by atoms with Gasteiger partial charge in [0.1, 0.15) is 11.9 Å². The number of nitrogens with one attached hydrogen (secondary N) is 1. The number of aryl methyl sites for hydroxylation is 3. The van der Waals surface area contributed by atoms with E-state index in [1.807, 2.05) is 12.1 Å². The smallest absolute Gasteiger partial charge is 0.193 e. The van der Waals surface area contributed by atoms with Gasteiger partial charge in [0.05, 0.1) is 19.8 Å². The molecule has 3 N–H and O–H groups in total. The van der Waals surface area contributed by atoms with Crippen molar-refractivity contribution < 1.29 is 9.47 Å². The number of benzene rings is 2. The number of anilines is 1. The Morgan fingerprint density at radius 1 is 1.19 bits per heavy atom. The highest BCUT2D eigenvalue weighted by molar-refractivity contribution is 5.92. The highest BCUT2D eigenvalue weighted by Gasteiger charge is 2.18. The summed E-state index contributed by atoms with van der Waals surface area (Å²) in [6, 6.07) is 12.3. The first-order valence-electron chi connectivity index (χ1n) is 8.99. The molecule has 26 heavy (non-hydrogen) atoms. The van der Waals surface area contributed by atoms with Crippen molar-refractivity contribution in [3.8, 4) is 5.75 Å². The molecule has 1 aliphatic heterocycles. The van der Waals surface area contributed by atoms with Gasteiger partial charge in [-0.3, -0.25) is 0 Å². The van der Waals surface area contributed by atoms with Crippen LogP contribution < -0.4 is 15.8 Å². The SMILES string of the molecule is Cc1ccc(CN=C(N)Nc2ccc(C)c(C)c2)c(OC2CCOC2)c1. The lowest BCUT2D eigenvalue weighted by Gasteiger charge is -2.16. The summed E-state index contributed by atoms with van der Waals surface area (Å²) in [5, 5.41) is 3.15. The van der Waals surface area contributed by atoms with Gasteiger partial charge in [-0.15, -0.1) is 0 Å². The number of hydrogen-bond donors (Lipinski definition) is 2. The van der Waals surface area contributed by atoms with Crippen LogP contribution in [0.1, 0.15) is 28.7 Å². The minimum atomic E-state index is 0.116. The van der Waals surface area contributed by atoms with Gasteiger partial charge in [-0.05, 0) is 55.7 Å². The van der Waals surface area contributed by atoms with Gasteiger partial charge in [-0.1, -0.05) is 18.2 Å². The molecule has 138 valence electrons. The van der Waals surface area contributed by atoms with Crippen LogP contribution in [-0.2, 0) is 11.3 Å². The first-order chi connectivity index (χ1) is 12.5. The molecule has 0 saturated carbocycles. The van der Waals surface area contributed by atoms with Crippen molar-refractivity contribution in [3.05, 3.63) is 58.7 Å². The minimum absolute atomic E-state index is 0.116. The van der Waals surface area contributed by atoms with Crippen LogP contribution >= 0.6 is 0 Å². The second-order valence-electron chi connectivity index (χ2n) is 6.84. The van der Waals surface area contributed by atoms with Crippen LogP contribution in [0.15, 0.2) is 41.4 Å². The summed E-state index contributed by atoms with van der Waals surface area (Å²) in [6.45, 7) is 8.10. The highest BCUT2D eigenvalue weighted by Crippen LogP contribution is 2.24. The van der Waals surface area contributed by atoms with Gasteiger partial charge >= 0.3 is 0 Å². The van der Waals surface area contributed by atoms with E-state index in [1.165, 1.54) is 11.1 Å². The number of aliphatic imine (C=N–C) groups is 1. The molecule has 0 radical (unpaired) electrons. The minimum Gasteiger partial charge on any atom is -0.488 e. The van der Waals surface area contributed by atoms with Crippen molar-refractivity contribution in [2.75, 3.05) is 18.5 Å². The Kier molecular flexibility index (Phi) is 5.78. The first-order valence-corrected chi connectivity index (χ1v) is 8.99. The number of guanidine groups is 1. The average Bonchev–Trinajstić information content (AvgIpc) is 3.10. The van der Waals surface area contributed by atoms with Gasteiger partial charge in [-0.2, -0.15) is 0 Å². The molecule has 0 bridgehead atoms. The Hall–Kier alpha value is -2.53. The zero-order valence-electron chi connectivity index (χ0n) is 15.7. The van der Waals surface area contributed by atoms with E-state index in [2.05, 4.69) is 55.3 Å². The van der Waals surface area contributed by atoms with Gasteiger partial charge in [0.15, 0.2) is 5.96 Å². The predicted molar refractivity (Wildman–Crippen MR) is 106 cm³/mol. The second kappa shape index (κ2) is 8.23. The zero-order chi connectivity index (χ0) is 18.5. The van der Waals surface area contributed by atoms with Crippen molar-refractivity contribution in [1.29, 1.82) is 0 Å². The monoisotopic (exact) mass is 353 g/mol. The molecule has 1 unspecified atom stereocenters. The topological polar surface area (TPSA) is 68.9 Å². The van der Waals surface area contributed by atoms with Crippen LogP contribution in [0.2, 0.25) is 0 Å². The summed E-state index contributed by atoms with van der Waals surface area (Å²) in [5.41, 5.74) is 11.7. The largest absolute Gasteiger partial charge is 0.488 e. The summed E-state index contributed by atoms with van der Waals surface area (Å²) in [6.07, 6.45) is 1.04. The highest BCUT2D eigenvalue weighted by atomic mass is 16.5. The normalized spacial score (nSPS) is 17.3. The number of hydrogen-bond acceptors (Lipinski definition) is 3. The molecular formula is C21H27N3O2. The van der Waals surface area contributed by atoms with E-state index in [0.717, 1.165) is 35.6 Å². The Labute approximate surface area is 155 Å². The molecular weight excluding hydrogens is 326 g/mol. The van der Waals surface area contributed by atoms with Crippen LogP contribution in [0.4, 0.5) is 5.69 Å². The molecule has 1 fully saturated rings. The molecule has 5 nitrogen and oxygen atoms in total. The average molecular weight is 353 g/mol. The third kappa shape index (κ3) is 4.76. The van der Waals surface area contributed by atoms with Crippen molar-refractivity contribution >= 4 is 11.6 Å². The summed E-state index contributed by atoms with van der Waals surface area (Å²) in [4.78, 5) is 4.48. The van der Waals surface area contributed by atoms with Gasteiger partial charge in [0.25, 0.3) is 0 Å². The zero-order valence-corrected chi connectivity index (χ0v) is 15.7. The third-order valence-electron chi connectivity index (χ3n) is 4.60. The summed E-state index contributed by atoms with van der Waals surface area (Å²) < 4.78 is 11.5. The summed E-state index contributed by atoms with van der Waals surface area (Å²) >= 11 is 0. The van der Waals surface area contributed by atoms with E-state index in [1.54, 1.807) is 0 Å². The molecule has 2 aromatic rings. The fraction of sp³-hybridized carbons (Fsp3) is 0.381. The maximum Gasteiger partial charge on any atom is 0.193 e. The Morgan fingerprint density at radius 2 is 2.04 bits per heavy atom. The van der Waals surface area contributed by atoms with Crippen LogP contribution in [0.3, 0.4) is 0 Å². The predicted octanol–water partition coefficient (Wildman–Crippen LogP) is 3.71. The third-order valence-corrected chi connectivity index (χ3v) is 4.60. The van der Waals surface area contributed by atoms with Gasteiger partial charge in [0.2, 0.25) is 0 Å². The molecule has 1 saturated heterocycles. The van der Waals surface area contributed by atoms with Gasteiger partial charge in [-0.25, -0.2) is 4.99 Å². The van der Waals surface area contributed by atoms with E-state index in [-0.39, 0.29) is 6.10 Å². The fourth-order valence-electron chi connectivity index (χ4n) is 2.86. The fourth-order valence-corrected chi connectivity index (χ4v) is 2.86. The molecule has 3 rings (SSSR count). The van der Waals surface area contributed by atoms with E-state index in [9.17, 15) is 0 Å². The molecule has 0 amide bonds. The lowest BCUT2D eigenvalue weighted by atomic mass is 10.1. The van der Waals surface area contributed by atoms with Crippen LogP contribution in [0.5, 0.6) is 5.75 Å². The Balaban J connectivity index is 1.69.